The molecule has 2 N–H and O–H groups in total. The van der Waals surface area contributed by atoms with Crippen molar-refractivity contribution in [2.24, 2.45) is 5.41 Å². The van der Waals surface area contributed by atoms with Crippen molar-refractivity contribution in [1.82, 2.24) is 10.2 Å². The number of carboxylic acid groups (broad SMARTS) is 1. The van der Waals surface area contributed by atoms with E-state index in [0.29, 0.717) is 12.8 Å². The van der Waals surface area contributed by atoms with E-state index in [0.717, 1.165) is 38.2 Å². The van der Waals surface area contributed by atoms with Crippen LogP contribution in [0.25, 0.3) is 0 Å². The second-order valence-corrected chi connectivity index (χ2v) is 6.59. The topological polar surface area (TPSA) is 69.6 Å². The van der Waals surface area contributed by atoms with Gasteiger partial charge in [-0.15, -0.1) is 0 Å². The highest BCUT2D eigenvalue weighted by atomic mass is 32.2. The lowest BCUT2D eigenvalue weighted by Crippen LogP contribution is -2.44. The van der Waals surface area contributed by atoms with Crippen LogP contribution in [0.2, 0.25) is 0 Å². The Balaban J connectivity index is 1.82. The van der Waals surface area contributed by atoms with Gasteiger partial charge in [0.2, 0.25) is 5.91 Å². The highest BCUT2D eigenvalue weighted by Gasteiger charge is 2.43. The first-order valence-corrected chi connectivity index (χ1v) is 8.19. The van der Waals surface area contributed by atoms with Crippen molar-refractivity contribution in [3.05, 3.63) is 0 Å². The number of hydrogen-bond donors (Lipinski definition) is 2. The monoisotopic (exact) mass is 286 g/mol. The van der Waals surface area contributed by atoms with Crippen LogP contribution in [-0.2, 0) is 9.59 Å². The van der Waals surface area contributed by atoms with E-state index in [-0.39, 0.29) is 11.3 Å². The minimum Gasteiger partial charge on any atom is -0.480 e. The third-order valence-electron chi connectivity index (χ3n) is 4.36. The molecule has 2 aliphatic rings. The van der Waals surface area contributed by atoms with Crippen molar-refractivity contribution in [3.8, 4) is 0 Å². The van der Waals surface area contributed by atoms with Crippen LogP contribution < -0.4 is 5.32 Å². The van der Waals surface area contributed by atoms with Crippen molar-refractivity contribution in [2.45, 2.75) is 31.7 Å². The van der Waals surface area contributed by atoms with Gasteiger partial charge in [0.15, 0.2) is 0 Å². The third-order valence-corrected chi connectivity index (χ3v) is 4.97. The molecule has 2 saturated heterocycles. The Morgan fingerprint density at radius 1 is 1.42 bits per heavy atom. The Hall–Kier alpha value is -0.750. The molecule has 19 heavy (non-hydrogen) atoms. The molecule has 2 rings (SSSR count). The highest BCUT2D eigenvalue weighted by Crippen LogP contribution is 2.39. The quantitative estimate of drug-likeness (QED) is 0.800. The number of nitrogens with one attached hydrogen (secondary N) is 1. The minimum absolute atomic E-state index is 0.0966. The Kier molecular flexibility index (Phi) is 4.73. The van der Waals surface area contributed by atoms with Crippen molar-refractivity contribution < 1.29 is 14.7 Å². The van der Waals surface area contributed by atoms with E-state index in [4.69, 9.17) is 5.11 Å². The summed E-state index contributed by atoms with van der Waals surface area (Å²) < 4.78 is 0. The van der Waals surface area contributed by atoms with Gasteiger partial charge in [-0.05, 0) is 30.9 Å². The molecule has 5 nitrogen and oxygen atoms in total. The molecule has 0 bridgehead atoms. The van der Waals surface area contributed by atoms with Gasteiger partial charge in [-0.3, -0.25) is 9.59 Å². The van der Waals surface area contributed by atoms with Crippen LogP contribution in [0.4, 0.5) is 0 Å². The smallest absolute Gasteiger partial charge is 0.320 e. The third kappa shape index (κ3) is 3.42. The number of carboxylic acids is 1. The van der Waals surface area contributed by atoms with Gasteiger partial charge < -0.3 is 15.3 Å². The molecule has 108 valence electrons. The summed E-state index contributed by atoms with van der Waals surface area (Å²) in [5.74, 6) is 0.364. The Morgan fingerprint density at radius 2 is 2.11 bits per heavy atom. The normalized spacial score (nSPS) is 25.7. The number of nitrogens with zero attached hydrogens (tertiary/aromatic N) is 1. The number of likely N-dealkylation sites (tertiary alicyclic amines) is 1. The molecule has 1 spiro atoms. The zero-order chi connectivity index (χ0) is 13.9. The maximum Gasteiger partial charge on any atom is 0.320 e. The number of carbonyl (C=O) groups is 2. The van der Waals surface area contributed by atoms with E-state index in [2.05, 4.69) is 5.32 Å². The number of carbonyl (C=O) groups excluding carboxylic acids is 1. The summed E-state index contributed by atoms with van der Waals surface area (Å²) in [6.07, 6.45) is 5.18. The lowest BCUT2D eigenvalue weighted by Gasteiger charge is -2.39. The lowest BCUT2D eigenvalue weighted by atomic mass is 9.76. The standard InChI is InChI=1S/C13H22N2O3S/c1-19-7-2-11(16)15-5-3-13(4-6-15)8-10(12(17)18)14-9-13/h10,14H,2-9H2,1H3,(H,17,18). The van der Waals surface area contributed by atoms with Crippen LogP contribution >= 0.6 is 11.8 Å². The molecule has 0 aromatic heterocycles. The first-order valence-electron chi connectivity index (χ1n) is 6.79. The zero-order valence-electron chi connectivity index (χ0n) is 11.4. The van der Waals surface area contributed by atoms with Crippen LogP contribution in [0.3, 0.4) is 0 Å². The van der Waals surface area contributed by atoms with E-state index >= 15 is 0 Å². The molecule has 2 aliphatic heterocycles. The Bertz CT molecular complexity index is 354. The second kappa shape index (κ2) is 6.13. The molecule has 0 aromatic carbocycles. The summed E-state index contributed by atoms with van der Waals surface area (Å²) in [6.45, 7) is 2.33. The number of aliphatic carboxylic acids is 1. The first kappa shape index (κ1) is 14.7. The zero-order valence-corrected chi connectivity index (χ0v) is 12.2. The molecule has 1 unspecified atom stereocenters. The molecular weight excluding hydrogens is 264 g/mol. The average molecular weight is 286 g/mol. The molecule has 2 fully saturated rings. The fraction of sp³-hybridized carbons (Fsp3) is 0.846. The van der Waals surface area contributed by atoms with Crippen LogP contribution in [-0.4, -0.2) is 59.6 Å². The van der Waals surface area contributed by atoms with Gasteiger partial charge >= 0.3 is 5.97 Å². The predicted octanol–water partition coefficient (Wildman–Crippen LogP) is 0.795. The van der Waals surface area contributed by atoms with Gasteiger partial charge in [-0.25, -0.2) is 0 Å². The summed E-state index contributed by atoms with van der Waals surface area (Å²) in [4.78, 5) is 24.9. The van der Waals surface area contributed by atoms with E-state index in [1.54, 1.807) is 11.8 Å². The second-order valence-electron chi connectivity index (χ2n) is 5.60. The van der Waals surface area contributed by atoms with Crippen LogP contribution in [0.1, 0.15) is 25.7 Å². The van der Waals surface area contributed by atoms with Crippen molar-refractivity contribution in [1.29, 1.82) is 0 Å². The van der Waals surface area contributed by atoms with Gasteiger partial charge in [-0.2, -0.15) is 11.8 Å². The number of piperidine rings is 1. The predicted molar refractivity (Wildman–Crippen MR) is 75.3 cm³/mol. The fourth-order valence-electron chi connectivity index (χ4n) is 3.05. The average Bonchev–Trinajstić information content (AvgIpc) is 2.81. The molecule has 1 amide bonds. The van der Waals surface area contributed by atoms with Crippen LogP contribution in [0.15, 0.2) is 0 Å². The fourth-order valence-corrected chi connectivity index (χ4v) is 3.43. The van der Waals surface area contributed by atoms with Crippen molar-refractivity contribution in [3.63, 3.8) is 0 Å². The van der Waals surface area contributed by atoms with Gasteiger partial charge in [-0.1, -0.05) is 0 Å². The molecule has 0 aromatic rings. The Morgan fingerprint density at radius 3 is 2.63 bits per heavy atom. The number of rotatable bonds is 4. The summed E-state index contributed by atoms with van der Waals surface area (Å²) in [7, 11) is 0. The summed E-state index contributed by atoms with van der Waals surface area (Å²) in [5, 5.41) is 12.1. The van der Waals surface area contributed by atoms with Gasteiger partial charge in [0.05, 0.1) is 0 Å². The van der Waals surface area contributed by atoms with E-state index in [1.165, 1.54) is 0 Å². The van der Waals surface area contributed by atoms with Gasteiger partial charge in [0.1, 0.15) is 6.04 Å². The molecule has 1 atom stereocenters. The largest absolute Gasteiger partial charge is 0.480 e. The Labute approximate surface area is 118 Å². The summed E-state index contributed by atoms with van der Waals surface area (Å²) in [5.41, 5.74) is 0.0966. The summed E-state index contributed by atoms with van der Waals surface area (Å²) >= 11 is 1.69. The van der Waals surface area contributed by atoms with Crippen LogP contribution in [0.5, 0.6) is 0 Å². The molecule has 2 heterocycles. The maximum atomic E-state index is 11.9. The van der Waals surface area contributed by atoms with Gasteiger partial charge in [0.25, 0.3) is 0 Å². The van der Waals surface area contributed by atoms with E-state index in [1.807, 2.05) is 11.2 Å². The number of amides is 1. The first-order chi connectivity index (χ1) is 9.06. The number of thioether (sulfide) groups is 1. The van der Waals surface area contributed by atoms with Gasteiger partial charge in [0, 0.05) is 31.8 Å². The van der Waals surface area contributed by atoms with Crippen molar-refractivity contribution in [2.75, 3.05) is 31.6 Å². The molecular formula is C13H22N2O3S. The molecule has 6 heteroatoms. The van der Waals surface area contributed by atoms with Crippen LogP contribution in [0, 0.1) is 5.41 Å². The molecule has 0 aliphatic carbocycles. The van der Waals surface area contributed by atoms with E-state index in [9.17, 15) is 9.59 Å². The van der Waals surface area contributed by atoms with E-state index < -0.39 is 12.0 Å². The minimum atomic E-state index is -0.754. The summed E-state index contributed by atoms with van der Waals surface area (Å²) in [6, 6.07) is -0.404. The molecule has 0 radical (unpaired) electrons. The number of hydrogen-bond acceptors (Lipinski definition) is 4. The SMILES string of the molecule is CSCCC(=O)N1CCC2(CC1)CNC(C(=O)O)C2. The maximum absolute atomic E-state index is 11.9. The van der Waals surface area contributed by atoms with Crippen molar-refractivity contribution >= 4 is 23.6 Å². The highest BCUT2D eigenvalue weighted by molar-refractivity contribution is 7.98. The molecule has 0 saturated carbocycles. The lowest BCUT2D eigenvalue weighted by molar-refractivity contribution is -0.139.